The van der Waals surface area contributed by atoms with Gasteiger partial charge in [-0.1, -0.05) is 5.11 Å². The topological polar surface area (TPSA) is 89.9 Å². The number of carbonyl (C=O) groups excluding carboxylic acids is 1. The van der Waals surface area contributed by atoms with E-state index in [-0.39, 0.29) is 11.6 Å². The molecule has 14 heavy (non-hydrogen) atoms. The van der Waals surface area contributed by atoms with Crippen LogP contribution in [0.25, 0.3) is 10.4 Å². The third-order valence-corrected chi connectivity index (χ3v) is 1.27. The van der Waals surface area contributed by atoms with Gasteiger partial charge in [-0.25, -0.2) is 4.79 Å². The van der Waals surface area contributed by atoms with E-state index >= 15 is 0 Å². The molecule has 0 aliphatic rings. The van der Waals surface area contributed by atoms with Crippen LogP contribution < -0.4 is 10.6 Å². The lowest BCUT2D eigenvalue weighted by molar-refractivity contribution is 0.232. The van der Waals surface area contributed by atoms with E-state index < -0.39 is 0 Å². The highest BCUT2D eigenvalue weighted by Crippen LogP contribution is 1.97. The largest absolute Gasteiger partial charge is 0.338 e. The molecular weight excluding hydrogens is 182 g/mol. The molecule has 0 heterocycles. The molecule has 2 amide bonds. The summed E-state index contributed by atoms with van der Waals surface area (Å²) >= 11 is 0. The van der Waals surface area contributed by atoms with Crippen molar-refractivity contribution in [3.8, 4) is 0 Å². The molecule has 6 heteroatoms. The highest BCUT2D eigenvalue weighted by molar-refractivity contribution is 5.74. The smallest absolute Gasteiger partial charge is 0.315 e. The lowest BCUT2D eigenvalue weighted by Crippen LogP contribution is -2.46. The van der Waals surface area contributed by atoms with E-state index in [1.807, 2.05) is 20.8 Å². The van der Waals surface area contributed by atoms with E-state index in [1.165, 1.54) is 0 Å². The Balaban J connectivity index is 3.50. The van der Waals surface area contributed by atoms with Crippen LogP contribution in [0.2, 0.25) is 0 Å². The number of rotatable bonds is 4. The minimum Gasteiger partial charge on any atom is -0.338 e. The summed E-state index contributed by atoms with van der Waals surface area (Å²) in [7, 11) is 0. The second-order valence-corrected chi connectivity index (χ2v) is 3.94. The quantitative estimate of drug-likeness (QED) is 0.307. The number of hydrogen-bond acceptors (Lipinski definition) is 2. The summed E-state index contributed by atoms with van der Waals surface area (Å²) in [6.07, 6.45) is 0.654. The zero-order chi connectivity index (χ0) is 11.0. The van der Waals surface area contributed by atoms with E-state index in [2.05, 4.69) is 20.7 Å². The third-order valence-electron chi connectivity index (χ3n) is 1.27. The summed E-state index contributed by atoms with van der Waals surface area (Å²) in [5, 5.41) is 8.77. The molecule has 80 valence electrons. The first kappa shape index (κ1) is 12.6. The van der Waals surface area contributed by atoms with Crippen LogP contribution in [0.5, 0.6) is 0 Å². The molecule has 0 unspecified atom stereocenters. The molecule has 0 aliphatic carbocycles. The highest BCUT2D eigenvalue weighted by Gasteiger charge is 2.12. The molecule has 0 aromatic carbocycles. The Bertz CT molecular complexity index is 226. The Labute approximate surface area is 83.7 Å². The van der Waals surface area contributed by atoms with Crippen LogP contribution in [0.4, 0.5) is 4.79 Å². The zero-order valence-electron chi connectivity index (χ0n) is 8.87. The molecule has 0 bridgehead atoms. The number of urea groups is 1. The van der Waals surface area contributed by atoms with Crippen molar-refractivity contribution in [2.24, 2.45) is 5.11 Å². The molecule has 0 fully saturated rings. The van der Waals surface area contributed by atoms with Gasteiger partial charge in [0.1, 0.15) is 0 Å². The van der Waals surface area contributed by atoms with Gasteiger partial charge in [0.15, 0.2) is 0 Å². The van der Waals surface area contributed by atoms with Gasteiger partial charge in [0, 0.05) is 23.5 Å². The molecule has 0 radical (unpaired) electrons. The molecule has 0 saturated carbocycles. The van der Waals surface area contributed by atoms with Crippen LogP contribution in [0, 0.1) is 0 Å². The number of amides is 2. The molecule has 6 nitrogen and oxygen atoms in total. The summed E-state index contributed by atoms with van der Waals surface area (Å²) in [6, 6.07) is -0.196. The first-order chi connectivity index (χ1) is 6.45. The summed E-state index contributed by atoms with van der Waals surface area (Å²) in [5.41, 5.74) is 7.76. The van der Waals surface area contributed by atoms with Crippen LogP contribution >= 0.6 is 0 Å². The predicted molar refractivity (Wildman–Crippen MR) is 54.9 cm³/mol. The van der Waals surface area contributed by atoms with Gasteiger partial charge in [0.25, 0.3) is 0 Å². The lowest BCUT2D eigenvalue weighted by Gasteiger charge is -2.20. The summed E-state index contributed by atoms with van der Waals surface area (Å²) in [4.78, 5) is 13.8. The maximum atomic E-state index is 11.2. The monoisotopic (exact) mass is 199 g/mol. The summed E-state index contributed by atoms with van der Waals surface area (Å²) in [5.74, 6) is 0. The molecule has 0 spiro atoms. The molecule has 0 aromatic rings. The van der Waals surface area contributed by atoms with Gasteiger partial charge in [-0.3, -0.25) is 0 Å². The van der Waals surface area contributed by atoms with Gasteiger partial charge in [0.2, 0.25) is 0 Å². The van der Waals surface area contributed by atoms with Gasteiger partial charge in [-0.15, -0.1) is 0 Å². The molecule has 2 N–H and O–H groups in total. The van der Waals surface area contributed by atoms with Crippen molar-refractivity contribution in [2.45, 2.75) is 32.7 Å². The van der Waals surface area contributed by atoms with Crippen molar-refractivity contribution in [3.63, 3.8) is 0 Å². The Morgan fingerprint density at radius 2 is 2.14 bits per heavy atom. The fourth-order valence-electron chi connectivity index (χ4n) is 0.781. The fourth-order valence-corrected chi connectivity index (χ4v) is 0.781. The maximum Gasteiger partial charge on any atom is 0.315 e. The van der Waals surface area contributed by atoms with E-state index in [0.717, 1.165) is 0 Å². The third kappa shape index (κ3) is 8.67. The SMILES string of the molecule is CC(C)(C)NC(=O)NCCCN=[N+]=[N-]. The number of carbonyl (C=O) groups is 1. The molecule has 0 rings (SSSR count). The van der Waals surface area contributed by atoms with Crippen molar-refractivity contribution in [2.75, 3.05) is 13.1 Å². The standard InChI is InChI=1S/C8H17N5O/c1-8(2,3)12-7(14)10-5-4-6-11-13-9/h4-6H2,1-3H3,(H2,10,12,14). The van der Waals surface area contributed by atoms with Gasteiger partial charge >= 0.3 is 6.03 Å². The second-order valence-electron chi connectivity index (χ2n) is 3.94. The van der Waals surface area contributed by atoms with Gasteiger partial charge in [0.05, 0.1) is 0 Å². The van der Waals surface area contributed by atoms with Crippen molar-refractivity contribution >= 4 is 6.03 Å². The maximum absolute atomic E-state index is 11.2. The molecule has 0 aromatic heterocycles. The number of hydrogen-bond donors (Lipinski definition) is 2. The predicted octanol–water partition coefficient (Wildman–Crippen LogP) is 1.78. The van der Waals surface area contributed by atoms with Crippen molar-refractivity contribution < 1.29 is 4.79 Å². The Hall–Kier alpha value is -1.42. The fraction of sp³-hybridized carbons (Fsp3) is 0.875. The minimum absolute atomic E-state index is 0.196. The van der Waals surface area contributed by atoms with Gasteiger partial charge in [-0.2, -0.15) is 0 Å². The first-order valence-corrected chi connectivity index (χ1v) is 4.52. The number of nitrogens with one attached hydrogen (secondary N) is 2. The minimum atomic E-state index is -0.227. The average molecular weight is 199 g/mol. The first-order valence-electron chi connectivity index (χ1n) is 4.52. The normalized spacial score (nSPS) is 10.2. The summed E-state index contributed by atoms with van der Waals surface area (Å²) in [6.45, 7) is 6.65. The van der Waals surface area contributed by atoms with E-state index in [1.54, 1.807) is 0 Å². The van der Waals surface area contributed by atoms with Crippen molar-refractivity contribution in [1.29, 1.82) is 0 Å². The number of nitrogens with zero attached hydrogens (tertiary/aromatic N) is 3. The van der Waals surface area contributed by atoms with Crippen LogP contribution in [0.1, 0.15) is 27.2 Å². The van der Waals surface area contributed by atoms with E-state index in [4.69, 9.17) is 5.53 Å². The van der Waals surface area contributed by atoms with E-state index in [9.17, 15) is 4.79 Å². The van der Waals surface area contributed by atoms with Gasteiger partial charge in [-0.05, 0) is 32.7 Å². The molecular formula is C8H17N5O. The summed E-state index contributed by atoms with van der Waals surface area (Å²) < 4.78 is 0. The lowest BCUT2D eigenvalue weighted by atomic mass is 10.1. The second kappa shape index (κ2) is 6.10. The van der Waals surface area contributed by atoms with Crippen LogP contribution in [0.3, 0.4) is 0 Å². The highest BCUT2D eigenvalue weighted by atomic mass is 16.2. The molecule has 0 atom stereocenters. The Morgan fingerprint density at radius 3 is 2.64 bits per heavy atom. The van der Waals surface area contributed by atoms with Crippen molar-refractivity contribution in [1.82, 2.24) is 10.6 Å². The Morgan fingerprint density at radius 1 is 1.50 bits per heavy atom. The van der Waals surface area contributed by atoms with E-state index in [0.29, 0.717) is 19.5 Å². The van der Waals surface area contributed by atoms with Crippen molar-refractivity contribution in [3.05, 3.63) is 10.4 Å². The van der Waals surface area contributed by atoms with Gasteiger partial charge < -0.3 is 10.6 Å². The Kier molecular flexibility index (Phi) is 5.48. The van der Waals surface area contributed by atoms with Crippen LogP contribution in [-0.4, -0.2) is 24.7 Å². The molecule has 0 saturated heterocycles. The average Bonchev–Trinajstić information content (AvgIpc) is 2.00. The zero-order valence-corrected chi connectivity index (χ0v) is 8.87. The molecule has 0 aliphatic heterocycles. The number of azide groups is 1. The van der Waals surface area contributed by atoms with Crippen LogP contribution in [-0.2, 0) is 0 Å². The van der Waals surface area contributed by atoms with Crippen LogP contribution in [0.15, 0.2) is 5.11 Å².